The number of H-pyrrole nitrogens is 1. The molecule has 0 fully saturated rings. The van der Waals surface area contributed by atoms with E-state index in [1.165, 1.54) is 0 Å². The second-order valence-electron chi connectivity index (χ2n) is 3.11. The van der Waals surface area contributed by atoms with E-state index < -0.39 is 0 Å². The lowest BCUT2D eigenvalue weighted by Crippen LogP contribution is -1.97. The fourth-order valence-corrected chi connectivity index (χ4v) is 1.40. The lowest BCUT2D eigenvalue weighted by atomic mass is 10.3. The maximum atomic E-state index is 5.16. The Morgan fingerprint density at radius 1 is 1.57 bits per heavy atom. The molecule has 0 aliphatic heterocycles. The van der Waals surface area contributed by atoms with E-state index in [1.807, 2.05) is 25.1 Å². The van der Waals surface area contributed by atoms with Gasteiger partial charge in [0, 0.05) is 5.69 Å². The SMILES string of the molecule is C#CCNc1ccc2nc(C)[nH]c2c1. The van der Waals surface area contributed by atoms with Crippen LogP contribution in [-0.4, -0.2) is 16.5 Å². The van der Waals surface area contributed by atoms with Crippen molar-refractivity contribution in [2.24, 2.45) is 0 Å². The van der Waals surface area contributed by atoms with Crippen LogP contribution in [0.1, 0.15) is 5.82 Å². The van der Waals surface area contributed by atoms with E-state index in [-0.39, 0.29) is 0 Å². The number of imidazole rings is 1. The van der Waals surface area contributed by atoms with E-state index in [9.17, 15) is 0 Å². The number of nitrogens with zero attached hydrogens (tertiary/aromatic N) is 1. The quantitative estimate of drug-likeness (QED) is 0.702. The molecule has 0 aliphatic rings. The van der Waals surface area contributed by atoms with Crippen molar-refractivity contribution >= 4 is 16.7 Å². The van der Waals surface area contributed by atoms with Crippen LogP contribution >= 0.6 is 0 Å². The zero-order valence-electron chi connectivity index (χ0n) is 7.96. The van der Waals surface area contributed by atoms with Gasteiger partial charge in [-0.05, 0) is 25.1 Å². The second kappa shape index (κ2) is 3.43. The molecule has 0 radical (unpaired) electrons. The van der Waals surface area contributed by atoms with Crippen molar-refractivity contribution in [2.45, 2.75) is 6.92 Å². The standard InChI is InChI=1S/C11H11N3/c1-3-6-12-9-4-5-10-11(7-9)14-8(2)13-10/h1,4-5,7,12H,6H2,2H3,(H,13,14). The molecule has 3 heteroatoms. The average Bonchev–Trinajstić information content (AvgIpc) is 2.54. The lowest BCUT2D eigenvalue weighted by molar-refractivity contribution is 1.17. The molecule has 0 amide bonds. The summed E-state index contributed by atoms with van der Waals surface area (Å²) in [6, 6.07) is 5.95. The summed E-state index contributed by atoms with van der Waals surface area (Å²) in [5.41, 5.74) is 3.03. The predicted octanol–water partition coefficient (Wildman–Crippen LogP) is 1.92. The van der Waals surface area contributed by atoms with Crippen molar-refractivity contribution in [3.05, 3.63) is 24.0 Å². The fourth-order valence-electron chi connectivity index (χ4n) is 1.40. The van der Waals surface area contributed by atoms with Gasteiger partial charge in [0.2, 0.25) is 0 Å². The third-order valence-corrected chi connectivity index (χ3v) is 1.99. The molecule has 1 heterocycles. The molecule has 0 saturated heterocycles. The summed E-state index contributed by atoms with van der Waals surface area (Å²) < 4.78 is 0. The summed E-state index contributed by atoms with van der Waals surface area (Å²) in [5, 5.41) is 3.11. The number of benzene rings is 1. The largest absolute Gasteiger partial charge is 0.374 e. The van der Waals surface area contributed by atoms with Gasteiger partial charge in [0.15, 0.2) is 0 Å². The Morgan fingerprint density at radius 3 is 3.21 bits per heavy atom. The number of aromatic amines is 1. The first kappa shape index (κ1) is 8.64. The molecule has 2 aromatic rings. The Balaban J connectivity index is 2.36. The van der Waals surface area contributed by atoms with Crippen molar-refractivity contribution < 1.29 is 0 Å². The van der Waals surface area contributed by atoms with Crippen molar-refractivity contribution in [1.82, 2.24) is 9.97 Å². The molecule has 0 unspecified atom stereocenters. The maximum Gasteiger partial charge on any atom is 0.104 e. The molecule has 2 N–H and O–H groups in total. The fraction of sp³-hybridized carbons (Fsp3) is 0.182. The van der Waals surface area contributed by atoms with Crippen LogP contribution in [0.4, 0.5) is 5.69 Å². The number of hydrogen-bond donors (Lipinski definition) is 2. The van der Waals surface area contributed by atoms with E-state index in [0.717, 1.165) is 22.5 Å². The Hall–Kier alpha value is -1.95. The highest BCUT2D eigenvalue weighted by molar-refractivity contribution is 5.79. The van der Waals surface area contributed by atoms with E-state index >= 15 is 0 Å². The number of anilines is 1. The highest BCUT2D eigenvalue weighted by Crippen LogP contribution is 2.16. The van der Waals surface area contributed by atoms with Crippen molar-refractivity contribution in [1.29, 1.82) is 0 Å². The molecular weight excluding hydrogens is 174 g/mol. The number of nitrogens with one attached hydrogen (secondary N) is 2. The Kier molecular flexibility index (Phi) is 2.11. The molecule has 0 atom stereocenters. The third kappa shape index (κ3) is 1.55. The van der Waals surface area contributed by atoms with Crippen molar-refractivity contribution in [3.63, 3.8) is 0 Å². The molecule has 0 saturated carbocycles. The van der Waals surface area contributed by atoms with Crippen LogP contribution in [0.15, 0.2) is 18.2 Å². The molecule has 3 nitrogen and oxygen atoms in total. The van der Waals surface area contributed by atoms with Gasteiger partial charge >= 0.3 is 0 Å². The topological polar surface area (TPSA) is 40.7 Å². The van der Waals surface area contributed by atoms with Gasteiger partial charge in [0.1, 0.15) is 5.82 Å². The van der Waals surface area contributed by atoms with E-state index in [4.69, 9.17) is 6.42 Å². The maximum absolute atomic E-state index is 5.16. The zero-order chi connectivity index (χ0) is 9.97. The summed E-state index contributed by atoms with van der Waals surface area (Å²) in [6.45, 7) is 2.48. The Bertz CT molecular complexity index is 491. The molecule has 70 valence electrons. The number of hydrogen-bond acceptors (Lipinski definition) is 2. The van der Waals surface area contributed by atoms with Gasteiger partial charge in [-0.15, -0.1) is 6.42 Å². The van der Waals surface area contributed by atoms with Crippen LogP contribution in [0, 0.1) is 19.3 Å². The van der Waals surface area contributed by atoms with Crippen LogP contribution in [0.5, 0.6) is 0 Å². The van der Waals surface area contributed by atoms with Gasteiger partial charge in [-0.3, -0.25) is 0 Å². The minimum atomic E-state index is 0.540. The molecule has 0 aliphatic carbocycles. The van der Waals surface area contributed by atoms with Crippen LogP contribution in [0.25, 0.3) is 11.0 Å². The Labute approximate surface area is 82.6 Å². The summed E-state index contributed by atoms with van der Waals surface area (Å²) >= 11 is 0. The first-order valence-corrected chi connectivity index (χ1v) is 4.43. The van der Waals surface area contributed by atoms with Gasteiger partial charge in [-0.1, -0.05) is 5.92 Å². The normalized spacial score (nSPS) is 10.0. The molecule has 14 heavy (non-hydrogen) atoms. The predicted molar refractivity (Wildman–Crippen MR) is 58.2 cm³/mol. The average molecular weight is 185 g/mol. The first-order valence-electron chi connectivity index (χ1n) is 4.43. The molecule has 2 rings (SSSR count). The summed E-state index contributed by atoms with van der Waals surface area (Å²) in [4.78, 5) is 7.48. The van der Waals surface area contributed by atoms with Crippen LogP contribution in [0.2, 0.25) is 0 Å². The van der Waals surface area contributed by atoms with Gasteiger partial charge in [0.05, 0.1) is 17.6 Å². The van der Waals surface area contributed by atoms with Gasteiger partial charge < -0.3 is 10.3 Å². The number of terminal acetylenes is 1. The van der Waals surface area contributed by atoms with Crippen LogP contribution in [-0.2, 0) is 0 Å². The van der Waals surface area contributed by atoms with Crippen molar-refractivity contribution in [2.75, 3.05) is 11.9 Å². The summed E-state index contributed by atoms with van der Waals surface area (Å²) in [6.07, 6.45) is 5.16. The molecule has 0 spiro atoms. The number of fused-ring (bicyclic) bond motifs is 1. The van der Waals surface area contributed by atoms with E-state index in [2.05, 4.69) is 21.2 Å². The van der Waals surface area contributed by atoms with Crippen LogP contribution in [0.3, 0.4) is 0 Å². The first-order chi connectivity index (χ1) is 6.79. The molecule has 0 bridgehead atoms. The minimum Gasteiger partial charge on any atom is -0.374 e. The number of rotatable bonds is 2. The van der Waals surface area contributed by atoms with Gasteiger partial charge in [-0.25, -0.2) is 4.98 Å². The zero-order valence-corrected chi connectivity index (χ0v) is 7.96. The molecular formula is C11H11N3. The Morgan fingerprint density at radius 2 is 2.43 bits per heavy atom. The lowest BCUT2D eigenvalue weighted by Gasteiger charge is -2.00. The van der Waals surface area contributed by atoms with Crippen LogP contribution < -0.4 is 5.32 Å². The van der Waals surface area contributed by atoms with E-state index in [1.54, 1.807) is 0 Å². The van der Waals surface area contributed by atoms with Crippen molar-refractivity contribution in [3.8, 4) is 12.3 Å². The second-order valence-corrected chi connectivity index (χ2v) is 3.11. The van der Waals surface area contributed by atoms with E-state index in [0.29, 0.717) is 6.54 Å². The molecule has 1 aromatic heterocycles. The summed E-state index contributed by atoms with van der Waals surface area (Å²) in [7, 11) is 0. The minimum absolute atomic E-state index is 0.540. The highest BCUT2D eigenvalue weighted by Gasteiger charge is 1.99. The van der Waals surface area contributed by atoms with Gasteiger partial charge in [-0.2, -0.15) is 0 Å². The monoisotopic (exact) mass is 185 g/mol. The number of aryl methyl sites for hydroxylation is 1. The highest BCUT2D eigenvalue weighted by atomic mass is 14.9. The van der Waals surface area contributed by atoms with Gasteiger partial charge in [0.25, 0.3) is 0 Å². The smallest absolute Gasteiger partial charge is 0.104 e. The summed E-state index contributed by atoms with van der Waals surface area (Å²) in [5.74, 6) is 3.46. The molecule has 1 aromatic carbocycles. The third-order valence-electron chi connectivity index (χ3n) is 1.99. The number of aromatic nitrogens is 2.